The molecule has 0 saturated carbocycles. The Hall–Kier alpha value is -1.14. The molecule has 0 bridgehead atoms. The van der Waals surface area contributed by atoms with E-state index in [1.54, 1.807) is 6.92 Å². The maximum absolute atomic E-state index is 11.2. The van der Waals surface area contributed by atoms with Gasteiger partial charge in [0.1, 0.15) is 6.61 Å². The number of carboxylic acids is 1. The van der Waals surface area contributed by atoms with Crippen molar-refractivity contribution in [2.24, 2.45) is 11.7 Å². The Morgan fingerprint density at radius 3 is 2.53 bits per heavy atom. The lowest BCUT2D eigenvalue weighted by Crippen LogP contribution is -2.41. The Kier molecular flexibility index (Phi) is 6.64. The fourth-order valence-electron chi connectivity index (χ4n) is 0.883. The van der Waals surface area contributed by atoms with Crippen LogP contribution in [0.3, 0.4) is 0 Å². The van der Waals surface area contributed by atoms with E-state index in [1.807, 2.05) is 0 Å². The number of nitrogens with one attached hydrogen (secondary N) is 1. The van der Waals surface area contributed by atoms with Gasteiger partial charge in [-0.2, -0.15) is 0 Å². The highest BCUT2D eigenvalue weighted by atomic mass is 16.5. The summed E-state index contributed by atoms with van der Waals surface area (Å²) in [7, 11) is 0. The third-order valence-electron chi connectivity index (χ3n) is 2.02. The summed E-state index contributed by atoms with van der Waals surface area (Å²) in [6, 6.07) is -0.420. The second-order valence-corrected chi connectivity index (χ2v) is 3.32. The minimum atomic E-state index is -0.939. The predicted octanol–water partition coefficient (Wildman–Crippen LogP) is -0.813. The van der Waals surface area contributed by atoms with E-state index < -0.39 is 17.9 Å². The summed E-state index contributed by atoms with van der Waals surface area (Å²) in [5.41, 5.74) is 5.17. The normalized spacial score (nSPS) is 14.3. The van der Waals surface area contributed by atoms with E-state index in [-0.39, 0.29) is 12.5 Å². The standard InChI is InChI=1S/C9H18N2O4/c1-6(9(13)14)7(2)11-8(12)5-15-4-3-10/h6-7H,3-5,10H2,1-2H3,(H,11,12)(H,13,14). The molecular weight excluding hydrogens is 200 g/mol. The molecule has 6 heteroatoms. The molecule has 0 aromatic heterocycles. The molecule has 0 aromatic rings. The van der Waals surface area contributed by atoms with Crippen LogP contribution in [0.2, 0.25) is 0 Å². The highest BCUT2D eigenvalue weighted by Gasteiger charge is 2.20. The molecule has 0 aliphatic rings. The van der Waals surface area contributed by atoms with Gasteiger partial charge in [0.05, 0.1) is 12.5 Å². The first-order valence-electron chi connectivity index (χ1n) is 4.79. The number of aliphatic carboxylic acids is 1. The maximum atomic E-state index is 11.2. The number of nitrogens with two attached hydrogens (primary N) is 1. The van der Waals surface area contributed by atoms with Gasteiger partial charge in [-0.1, -0.05) is 0 Å². The van der Waals surface area contributed by atoms with Crippen molar-refractivity contribution in [1.29, 1.82) is 0 Å². The van der Waals surface area contributed by atoms with Crippen LogP contribution < -0.4 is 11.1 Å². The number of hydrogen-bond donors (Lipinski definition) is 3. The van der Waals surface area contributed by atoms with Crippen molar-refractivity contribution in [3.8, 4) is 0 Å². The van der Waals surface area contributed by atoms with Gasteiger partial charge in [-0.25, -0.2) is 0 Å². The summed E-state index contributed by atoms with van der Waals surface area (Å²) in [4.78, 5) is 21.8. The molecule has 1 amide bonds. The molecule has 4 N–H and O–H groups in total. The van der Waals surface area contributed by atoms with Crippen LogP contribution >= 0.6 is 0 Å². The molecule has 0 aromatic carbocycles. The zero-order valence-corrected chi connectivity index (χ0v) is 9.03. The molecule has 88 valence electrons. The van der Waals surface area contributed by atoms with Crippen LogP contribution in [-0.2, 0) is 14.3 Å². The number of ether oxygens (including phenoxy) is 1. The van der Waals surface area contributed by atoms with Crippen LogP contribution in [0.5, 0.6) is 0 Å². The first-order valence-corrected chi connectivity index (χ1v) is 4.79. The van der Waals surface area contributed by atoms with E-state index in [9.17, 15) is 9.59 Å². The van der Waals surface area contributed by atoms with E-state index in [0.29, 0.717) is 13.2 Å². The van der Waals surface area contributed by atoms with Gasteiger partial charge in [0.25, 0.3) is 0 Å². The van der Waals surface area contributed by atoms with Gasteiger partial charge in [0.2, 0.25) is 5.91 Å². The quantitative estimate of drug-likeness (QED) is 0.485. The third kappa shape index (κ3) is 6.03. The fraction of sp³-hybridized carbons (Fsp3) is 0.778. The number of amides is 1. The number of rotatable bonds is 7. The molecule has 0 spiro atoms. The summed E-state index contributed by atoms with van der Waals surface area (Å²) in [6.45, 7) is 3.76. The number of carbonyl (C=O) groups is 2. The Labute approximate surface area is 88.8 Å². The van der Waals surface area contributed by atoms with Gasteiger partial charge in [0.15, 0.2) is 0 Å². The van der Waals surface area contributed by atoms with E-state index in [1.165, 1.54) is 6.92 Å². The fourth-order valence-corrected chi connectivity index (χ4v) is 0.883. The van der Waals surface area contributed by atoms with Crippen LogP contribution in [0.1, 0.15) is 13.8 Å². The van der Waals surface area contributed by atoms with Crippen molar-refractivity contribution in [3.05, 3.63) is 0 Å². The Morgan fingerprint density at radius 1 is 1.47 bits per heavy atom. The maximum Gasteiger partial charge on any atom is 0.308 e. The summed E-state index contributed by atoms with van der Waals surface area (Å²) in [5.74, 6) is -1.89. The molecule has 2 atom stereocenters. The zero-order valence-electron chi connectivity index (χ0n) is 9.03. The molecule has 6 nitrogen and oxygen atoms in total. The van der Waals surface area contributed by atoms with Gasteiger partial charge in [-0.15, -0.1) is 0 Å². The Morgan fingerprint density at radius 2 is 2.07 bits per heavy atom. The number of carboxylic acid groups (broad SMARTS) is 1. The van der Waals surface area contributed by atoms with E-state index >= 15 is 0 Å². The van der Waals surface area contributed by atoms with Gasteiger partial charge >= 0.3 is 5.97 Å². The molecule has 2 unspecified atom stereocenters. The second-order valence-electron chi connectivity index (χ2n) is 3.32. The first kappa shape index (κ1) is 13.9. The highest BCUT2D eigenvalue weighted by molar-refractivity contribution is 5.78. The van der Waals surface area contributed by atoms with E-state index in [0.717, 1.165) is 0 Å². The monoisotopic (exact) mass is 218 g/mol. The molecule has 15 heavy (non-hydrogen) atoms. The van der Waals surface area contributed by atoms with E-state index in [4.69, 9.17) is 15.6 Å². The summed E-state index contributed by atoms with van der Waals surface area (Å²) >= 11 is 0. The molecule has 0 aliphatic heterocycles. The van der Waals surface area contributed by atoms with E-state index in [2.05, 4.69) is 5.32 Å². The van der Waals surface area contributed by atoms with Gasteiger partial charge < -0.3 is 20.9 Å². The average Bonchev–Trinajstić information content (AvgIpc) is 2.16. The third-order valence-corrected chi connectivity index (χ3v) is 2.02. The lowest BCUT2D eigenvalue weighted by atomic mass is 10.0. The molecule has 0 radical (unpaired) electrons. The van der Waals surface area contributed by atoms with Crippen molar-refractivity contribution in [2.75, 3.05) is 19.8 Å². The largest absolute Gasteiger partial charge is 0.481 e. The predicted molar refractivity (Wildman–Crippen MR) is 54.3 cm³/mol. The molecule has 0 aliphatic carbocycles. The summed E-state index contributed by atoms with van der Waals surface area (Å²) < 4.78 is 4.90. The van der Waals surface area contributed by atoms with Crippen molar-refractivity contribution in [3.63, 3.8) is 0 Å². The molecule has 0 saturated heterocycles. The van der Waals surface area contributed by atoms with Gasteiger partial charge in [0, 0.05) is 12.6 Å². The lowest BCUT2D eigenvalue weighted by Gasteiger charge is -2.17. The van der Waals surface area contributed by atoms with Crippen LogP contribution in [0.15, 0.2) is 0 Å². The summed E-state index contributed by atoms with van der Waals surface area (Å²) in [5, 5.41) is 11.2. The van der Waals surface area contributed by atoms with Crippen molar-refractivity contribution in [1.82, 2.24) is 5.32 Å². The van der Waals surface area contributed by atoms with Gasteiger partial charge in [-0.3, -0.25) is 9.59 Å². The minimum Gasteiger partial charge on any atom is -0.481 e. The lowest BCUT2D eigenvalue weighted by molar-refractivity contribution is -0.142. The van der Waals surface area contributed by atoms with Crippen LogP contribution in [-0.4, -0.2) is 42.8 Å². The molecular formula is C9H18N2O4. The Bertz CT molecular complexity index is 220. The van der Waals surface area contributed by atoms with Gasteiger partial charge in [-0.05, 0) is 13.8 Å². The highest BCUT2D eigenvalue weighted by Crippen LogP contribution is 2.01. The SMILES string of the molecule is CC(NC(=O)COCCN)C(C)C(=O)O. The Balaban J connectivity index is 3.80. The van der Waals surface area contributed by atoms with Crippen LogP contribution in [0.25, 0.3) is 0 Å². The van der Waals surface area contributed by atoms with Crippen molar-refractivity contribution in [2.45, 2.75) is 19.9 Å². The topological polar surface area (TPSA) is 102 Å². The van der Waals surface area contributed by atoms with Crippen molar-refractivity contribution >= 4 is 11.9 Å². The van der Waals surface area contributed by atoms with Crippen molar-refractivity contribution < 1.29 is 19.4 Å². The average molecular weight is 218 g/mol. The second kappa shape index (κ2) is 7.19. The number of hydrogen-bond acceptors (Lipinski definition) is 4. The molecule has 0 heterocycles. The molecule has 0 rings (SSSR count). The number of carbonyl (C=O) groups excluding carboxylic acids is 1. The zero-order chi connectivity index (χ0) is 11.8. The van der Waals surface area contributed by atoms with Crippen LogP contribution in [0, 0.1) is 5.92 Å². The smallest absolute Gasteiger partial charge is 0.308 e. The molecule has 0 fully saturated rings. The first-order chi connectivity index (χ1) is 6.99. The summed E-state index contributed by atoms with van der Waals surface area (Å²) in [6.07, 6.45) is 0. The minimum absolute atomic E-state index is 0.0894. The van der Waals surface area contributed by atoms with Crippen LogP contribution in [0.4, 0.5) is 0 Å².